The molecule has 1 atom stereocenters. The molecule has 0 radical (unpaired) electrons. The van der Waals surface area contributed by atoms with E-state index in [-0.39, 0.29) is 28.8 Å². The van der Waals surface area contributed by atoms with Gasteiger partial charge in [0.2, 0.25) is 5.88 Å². The van der Waals surface area contributed by atoms with Crippen LogP contribution >= 0.6 is 0 Å². The lowest BCUT2D eigenvalue weighted by Gasteiger charge is -2.18. The van der Waals surface area contributed by atoms with E-state index in [1.165, 1.54) is 30.0 Å². The lowest BCUT2D eigenvalue weighted by molar-refractivity contribution is 0.0788. The summed E-state index contributed by atoms with van der Waals surface area (Å²) in [6.45, 7) is 2.82. The Kier molecular flexibility index (Phi) is 5.35. The summed E-state index contributed by atoms with van der Waals surface area (Å²) in [5.41, 5.74) is 1.97. The number of rotatable bonds is 4. The van der Waals surface area contributed by atoms with Gasteiger partial charge < -0.3 is 9.64 Å². The van der Waals surface area contributed by atoms with Gasteiger partial charge in [0.05, 0.1) is 19.0 Å². The van der Waals surface area contributed by atoms with Crippen LogP contribution in [0.5, 0.6) is 5.88 Å². The SMILES string of the molecule is COc1ccc(-n2ccc(C)c(C(=O)N3CCC(c4ccc(F)cc4)C3)c2=O)cn1. The molecule has 1 fully saturated rings. The van der Waals surface area contributed by atoms with Gasteiger partial charge in [-0.15, -0.1) is 0 Å². The fourth-order valence-electron chi connectivity index (χ4n) is 3.84. The highest BCUT2D eigenvalue weighted by Gasteiger charge is 2.30. The first-order chi connectivity index (χ1) is 14.5. The summed E-state index contributed by atoms with van der Waals surface area (Å²) in [5, 5.41) is 0. The normalized spacial score (nSPS) is 16.0. The van der Waals surface area contributed by atoms with E-state index in [2.05, 4.69) is 4.98 Å². The van der Waals surface area contributed by atoms with Gasteiger partial charge in [0.25, 0.3) is 11.5 Å². The maximum Gasteiger partial charge on any atom is 0.268 e. The van der Waals surface area contributed by atoms with E-state index in [1.807, 2.05) is 0 Å². The molecule has 2 aromatic heterocycles. The van der Waals surface area contributed by atoms with Crippen LogP contribution in [0.1, 0.15) is 33.8 Å². The van der Waals surface area contributed by atoms with Crippen molar-refractivity contribution in [3.8, 4) is 11.6 Å². The molecule has 7 heteroatoms. The number of likely N-dealkylation sites (tertiary alicyclic amines) is 1. The van der Waals surface area contributed by atoms with Crippen LogP contribution in [0.4, 0.5) is 4.39 Å². The van der Waals surface area contributed by atoms with Gasteiger partial charge in [-0.25, -0.2) is 9.37 Å². The molecule has 1 saturated heterocycles. The number of benzene rings is 1. The predicted octanol–water partition coefficient (Wildman–Crippen LogP) is 3.32. The molecule has 0 spiro atoms. The van der Waals surface area contributed by atoms with Crippen molar-refractivity contribution in [3.05, 3.63) is 87.7 Å². The Balaban J connectivity index is 1.61. The Bertz CT molecular complexity index is 1120. The maximum atomic E-state index is 13.2. The van der Waals surface area contributed by atoms with Crippen molar-refractivity contribution in [2.45, 2.75) is 19.3 Å². The first-order valence-electron chi connectivity index (χ1n) is 9.75. The molecule has 1 aromatic carbocycles. The van der Waals surface area contributed by atoms with E-state index in [0.29, 0.717) is 30.2 Å². The summed E-state index contributed by atoms with van der Waals surface area (Å²) in [5.74, 6) is 0.0155. The highest BCUT2D eigenvalue weighted by atomic mass is 19.1. The number of hydrogen-bond donors (Lipinski definition) is 0. The van der Waals surface area contributed by atoms with Crippen molar-refractivity contribution in [2.24, 2.45) is 0 Å². The van der Waals surface area contributed by atoms with Gasteiger partial charge in [-0.2, -0.15) is 0 Å². The fraction of sp³-hybridized carbons (Fsp3) is 0.261. The number of methoxy groups -OCH3 is 1. The van der Waals surface area contributed by atoms with Crippen LogP contribution in [0.2, 0.25) is 0 Å². The van der Waals surface area contributed by atoms with Gasteiger partial charge in [-0.05, 0) is 48.7 Å². The third-order valence-corrected chi connectivity index (χ3v) is 5.54. The Hall–Kier alpha value is -3.48. The van der Waals surface area contributed by atoms with E-state index in [4.69, 9.17) is 4.74 Å². The van der Waals surface area contributed by atoms with Crippen LogP contribution in [0.3, 0.4) is 0 Å². The zero-order valence-electron chi connectivity index (χ0n) is 16.8. The van der Waals surface area contributed by atoms with Crippen LogP contribution in [0.25, 0.3) is 5.69 Å². The quantitative estimate of drug-likeness (QED) is 0.666. The molecule has 154 valence electrons. The van der Waals surface area contributed by atoms with Crippen molar-refractivity contribution in [1.29, 1.82) is 0 Å². The largest absolute Gasteiger partial charge is 0.481 e. The number of hydrogen-bond acceptors (Lipinski definition) is 4. The summed E-state index contributed by atoms with van der Waals surface area (Å²) in [6, 6.07) is 11.5. The zero-order chi connectivity index (χ0) is 21.3. The van der Waals surface area contributed by atoms with Crippen LogP contribution in [0.15, 0.2) is 59.7 Å². The van der Waals surface area contributed by atoms with Gasteiger partial charge in [-0.3, -0.25) is 14.2 Å². The summed E-state index contributed by atoms with van der Waals surface area (Å²) in [4.78, 5) is 32.2. The molecule has 0 bridgehead atoms. The summed E-state index contributed by atoms with van der Waals surface area (Å²) >= 11 is 0. The van der Waals surface area contributed by atoms with E-state index in [0.717, 1.165) is 12.0 Å². The van der Waals surface area contributed by atoms with Gasteiger partial charge in [0, 0.05) is 31.3 Å². The molecular formula is C23H22FN3O3. The highest BCUT2D eigenvalue weighted by molar-refractivity contribution is 5.95. The van der Waals surface area contributed by atoms with Crippen molar-refractivity contribution in [3.63, 3.8) is 0 Å². The molecule has 6 nitrogen and oxygen atoms in total. The van der Waals surface area contributed by atoms with Crippen molar-refractivity contribution in [1.82, 2.24) is 14.5 Å². The number of pyridine rings is 2. The Morgan fingerprint density at radius 2 is 1.93 bits per heavy atom. The lowest BCUT2D eigenvalue weighted by Crippen LogP contribution is -2.36. The molecule has 3 aromatic rings. The molecular weight excluding hydrogens is 385 g/mol. The van der Waals surface area contributed by atoms with Crippen LogP contribution in [0, 0.1) is 12.7 Å². The molecule has 3 heterocycles. The lowest BCUT2D eigenvalue weighted by atomic mass is 9.98. The third-order valence-electron chi connectivity index (χ3n) is 5.54. The minimum atomic E-state index is -0.378. The van der Waals surface area contributed by atoms with Crippen LogP contribution in [-0.2, 0) is 0 Å². The van der Waals surface area contributed by atoms with Crippen LogP contribution < -0.4 is 10.3 Å². The van der Waals surface area contributed by atoms with E-state index < -0.39 is 0 Å². The Morgan fingerprint density at radius 1 is 1.17 bits per heavy atom. The molecule has 1 amide bonds. The fourth-order valence-corrected chi connectivity index (χ4v) is 3.84. The zero-order valence-corrected chi connectivity index (χ0v) is 16.8. The first kappa shape index (κ1) is 19.8. The van der Waals surface area contributed by atoms with E-state index >= 15 is 0 Å². The molecule has 0 N–H and O–H groups in total. The Morgan fingerprint density at radius 3 is 2.60 bits per heavy atom. The van der Waals surface area contributed by atoms with Crippen LogP contribution in [-0.4, -0.2) is 40.6 Å². The van der Waals surface area contributed by atoms with Crippen molar-refractivity contribution < 1.29 is 13.9 Å². The predicted molar refractivity (Wildman–Crippen MR) is 111 cm³/mol. The van der Waals surface area contributed by atoms with Gasteiger partial charge in [0.15, 0.2) is 0 Å². The average Bonchev–Trinajstić information content (AvgIpc) is 3.25. The molecule has 30 heavy (non-hydrogen) atoms. The molecule has 0 aliphatic carbocycles. The summed E-state index contributed by atoms with van der Waals surface area (Å²) < 4.78 is 19.7. The second-order valence-corrected chi connectivity index (χ2v) is 7.40. The summed E-state index contributed by atoms with van der Waals surface area (Å²) in [6.07, 6.45) is 3.95. The average molecular weight is 407 g/mol. The van der Waals surface area contributed by atoms with Gasteiger partial charge >= 0.3 is 0 Å². The molecule has 0 saturated carbocycles. The first-order valence-corrected chi connectivity index (χ1v) is 9.75. The number of carbonyl (C=O) groups excluding carboxylic acids is 1. The number of aryl methyl sites for hydroxylation is 1. The third kappa shape index (κ3) is 3.70. The molecule has 1 aliphatic heterocycles. The Labute approximate surface area is 173 Å². The number of halogens is 1. The van der Waals surface area contributed by atoms with Gasteiger partial charge in [-0.1, -0.05) is 12.1 Å². The second kappa shape index (κ2) is 8.10. The maximum absolute atomic E-state index is 13.2. The second-order valence-electron chi connectivity index (χ2n) is 7.40. The number of nitrogens with zero attached hydrogens (tertiary/aromatic N) is 3. The van der Waals surface area contributed by atoms with Crippen molar-refractivity contribution >= 4 is 5.91 Å². The van der Waals surface area contributed by atoms with Crippen molar-refractivity contribution in [2.75, 3.05) is 20.2 Å². The molecule has 1 unspecified atom stereocenters. The summed E-state index contributed by atoms with van der Waals surface area (Å²) in [7, 11) is 1.52. The molecule has 4 rings (SSSR count). The monoisotopic (exact) mass is 407 g/mol. The topological polar surface area (TPSA) is 64.4 Å². The number of aromatic nitrogens is 2. The van der Waals surface area contributed by atoms with E-state index in [1.54, 1.807) is 48.4 Å². The molecule has 1 aliphatic rings. The highest BCUT2D eigenvalue weighted by Crippen LogP contribution is 2.28. The smallest absolute Gasteiger partial charge is 0.268 e. The minimum Gasteiger partial charge on any atom is -0.481 e. The minimum absolute atomic E-state index is 0.131. The standard InChI is InChI=1S/C23H22FN3O3/c1-15-9-12-27(19-7-8-20(30-2)25-13-19)23(29)21(15)22(28)26-11-10-17(14-26)16-3-5-18(24)6-4-16/h3-9,12-13,17H,10-11,14H2,1-2H3. The number of ether oxygens (including phenoxy) is 1. The number of amides is 1. The van der Waals surface area contributed by atoms with E-state index in [9.17, 15) is 14.0 Å². The number of carbonyl (C=O) groups is 1. The van der Waals surface area contributed by atoms with Gasteiger partial charge in [0.1, 0.15) is 11.4 Å².